The maximum atomic E-state index is 13.0. The number of ether oxygens (including phenoxy) is 1. The van der Waals surface area contributed by atoms with Gasteiger partial charge < -0.3 is 10.1 Å². The average molecular weight is 351 g/mol. The molecule has 3 aromatic rings. The third-order valence-corrected chi connectivity index (χ3v) is 4.35. The van der Waals surface area contributed by atoms with E-state index in [1.165, 1.54) is 23.5 Å². The fourth-order valence-corrected chi connectivity index (χ4v) is 3.00. The Morgan fingerprint density at radius 1 is 1.24 bits per heavy atom. The molecule has 124 valence electrons. The van der Waals surface area contributed by atoms with Gasteiger partial charge in [0.15, 0.2) is 0 Å². The number of hydrogen-bond donors (Lipinski definition) is 1. The summed E-state index contributed by atoms with van der Waals surface area (Å²) in [6, 6.07) is 15.7. The quantitative estimate of drug-likeness (QED) is 0.662. The monoisotopic (exact) mass is 351 g/mol. The number of nitrogens with one attached hydrogen (secondary N) is 1. The molecule has 3 rings (SSSR count). The fourth-order valence-electron chi connectivity index (χ4n) is 2.21. The van der Waals surface area contributed by atoms with E-state index in [0.29, 0.717) is 22.0 Å². The summed E-state index contributed by atoms with van der Waals surface area (Å²) in [6.45, 7) is 0. The minimum absolute atomic E-state index is 0.294. The maximum Gasteiger partial charge on any atom is 0.142 e. The van der Waals surface area contributed by atoms with Crippen LogP contribution in [0.25, 0.3) is 16.8 Å². The molecule has 2 aromatic carbocycles. The molecule has 0 bridgehead atoms. The van der Waals surface area contributed by atoms with Gasteiger partial charge in [-0.1, -0.05) is 12.1 Å². The van der Waals surface area contributed by atoms with Crippen LogP contribution in [0.15, 0.2) is 60.1 Å². The van der Waals surface area contributed by atoms with E-state index < -0.39 is 0 Å². The van der Waals surface area contributed by atoms with Gasteiger partial charge in [0.1, 0.15) is 28.2 Å². The van der Waals surface area contributed by atoms with E-state index in [1.807, 2.05) is 29.6 Å². The van der Waals surface area contributed by atoms with Crippen molar-refractivity contribution in [2.75, 3.05) is 12.4 Å². The van der Waals surface area contributed by atoms with Crippen LogP contribution in [-0.2, 0) is 0 Å². The molecule has 0 amide bonds. The second-order valence-corrected chi connectivity index (χ2v) is 5.92. The van der Waals surface area contributed by atoms with Crippen LogP contribution in [0.3, 0.4) is 0 Å². The van der Waals surface area contributed by atoms with Crippen LogP contribution in [-0.4, -0.2) is 12.1 Å². The molecule has 0 aliphatic rings. The number of anilines is 1. The summed E-state index contributed by atoms with van der Waals surface area (Å²) < 4.78 is 18.3. The highest BCUT2D eigenvalue weighted by atomic mass is 32.1. The molecule has 0 fully saturated rings. The van der Waals surface area contributed by atoms with Crippen LogP contribution in [0.4, 0.5) is 10.1 Å². The van der Waals surface area contributed by atoms with Crippen molar-refractivity contribution in [1.82, 2.24) is 4.98 Å². The van der Waals surface area contributed by atoms with Gasteiger partial charge in [-0.05, 0) is 36.4 Å². The second kappa shape index (κ2) is 7.60. The maximum absolute atomic E-state index is 13.0. The predicted molar refractivity (Wildman–Crippen MR) is 97.7 cm³/mol. The number of benzene rings is 2. The lowest BCUT2D eigenvalue weighted by atomic mass is 10.2. The van der Waals surface area contributed by atoms with E-state index in [4.69, 9.17) is 4.74 Å². The molecule has 0 spiro atoms. The zero-order valence-electron chi connectivity index (χ0n) is 13.4. The first kappa shape index (κ1) is 16.7. The summed E-state index contributed by atoms with van der Waals surface area (Å²) >= 11 is 1.36. The predicted octanol–water partition coefficient (Wildman–Crippen LogP) is 4.93. The molecule has 0 atom stereocenters. The first-order chi connectivity index (χ1) is 12.2. The minimum atomic E-state index is -0.294. The summed E-state index contributed by atoms with van der Waals surface area (Å²) in [5, 5.41) is 14.9. The zero-order chi connectivity index (χ0) is 17.6. The highest BCUT2D eigenvalue weighted by Gasteiger charge is 2.09. The third kappa shape index (κ3) is 3.84. The van der Waals surface area contributed by atoms with E-state index in [9.17, 15) is 9.65 Å². The molecule has 0 unspecified atom stereocenters. The van der Waals surface area contributed by atoms with E-state index >= 15 is 0 Å². The number of nitriles is 1. The van der Waals surface area contributed by atoms with Crippen LogP contribution in [0.2, 0.25) is 0 Å². The standard InChI is InChI=1S/C19H14FN3OS/c1-24-18-5-3-2-4-16(18)22-11-14(10-21)19-23-17(12-25-19)13-6-8-15(20)9-7-13/h2-9,11-12,22H,1H3/b14-11-. The van der Waals surface area contributed by atoms with Gasteiger partial charge in [-0.2, -0.15) is 5.26 Å². The summed E-state index contributed by atoms with van der Waals surface area (Å²) in [4.78, 5) is 4.47. The SMILES string of the molecule is COc1ccccc1N/C=C(/C#N)c1nc(-c2ccc(F)cc2)cs1. The molecular weight excluding hydrogens is 337 g/mol. The number of methoxy groups -OCH3 is 1. The molecule has 1 aromatic heterocycles. The lowest BCUT2D eigenvalue weighted by molar-refractivity contribution is 0.417. The van der Waals surface area contributed by atoms with Gasteiger partial charge in [0.25, 0.3) is 0 Å². The van der Waals surface area contributed by atoms with Gasteiger partial charge in [0.2, 0.25) is 0 Å². The molecule has 0 saturated heterocycles. The fraction of sp³-hybridized carbons (Fsp3) is 0.0526. The zero-order valence-corrected chi connectivity index (χ0v) is 14.2. The van der Waals surface area contributed by atoms with E-state index in [0.717, 1.165) is 11.3 Å². The van der Waals surface area contributed by atoms with Crippen molar-refractivity contribution in [3.05, 3.63) is 70.9 Å². The number of thiazole rings is 1. The van der Waals surface area contributed by atoms with Crippen molar-refractivity contribution >= 4 is 22.6 Å². The third-order valence-electron chi connectivity index (χ3n) is 3.47. The molecule has 1 heterocycles. The number of nitrogens with zero attached hydrogens (tertiary/aromatic N) is 2. The molecule has 1 N–H and O–H groups in total. The van der Waals surface area contributed by atoms with Crippen LogP contribution >= 0.6 is 11.3 Å². The van der Waals surface area contributed by atoms with Crippen molar-refractivity contribution in [3.63, 3.8) is 0 Å². The molecule has 0 radical (unpaired) electrons. The Labute approximate surface area is 148 Å². The molecule has 4 nitrogen and oxygen atoms in total. The van der Waals surface area contributed by atoms with Crippen LogP contribution < -0.4 is 10.1 Å². The summed E-state index contributed by atoms with van der Waals surface area (Å²) in [5.41, 5.74) is 2.68. The lowest BCUT2D eigenvalue weighted by Gasteiger charge is -2.07. The minimum Gasteiger partial charge on any atom is -0.495 e. The van der Waals surface area contributed by atoms with E-state index in [-0.39, 0.29) is 5.82 Å². The normalized spacial score (nSPS) is 11.0. The van der Waals surface area contributed by atoms with Gasteiger partial charge >= 0.3 is 0 Å². The number of hydrogen-bond acceptors (Lipinski definition) is 5. The van der Waals surface area contributed by atoms with Crippen LogP contribution in [0.5, 0.6) is 5.75 Å². The first-order valence-electron chi connectivity index (χ1n) is 7.43. The number of allylic oxidation sites excluding steroid dienone is 1. The molecule has 0 aliphatic carbocycles. The van der Waals surface area contributed by atoms with Crippen molar-refractivity contribution in [2.45, 2.75) is 0 Å². The van der Waals surface area contributed by atoms with Crippen LogP contribution in [0, 0.1) is 17.1 Å². The molecular formula is C19H14FN3OS. The number of rotatable bonds is 5. The summed E-state index contributed by atoms with van der Waals surface area (Å²) in [5.74, 6) is 0.389. The Kier molecular flexibility index (Phi) is 5.07. The Bertz CT molecular complexity index is 942. The molecule has 0 aliphatic heterocycles. The van der Waals surface area contributed by atoms with Gasteiger partial charge in [-0.3, -0.25) is 0 Å². The van der Waals surface area contributed by atoms with E-state index in [1.54, 1.807) is 25.4 Å². The van der Waals surface area contributed by atoms with Crippen molar-refractivity contribution in [1.29, 1.82) is 5.26 Å². The molecule has 6 heteroatoms. The van der Waals surface area contributed by atoms with E-state index in [2.05, 4.69) is 16.4 Å². The van der Waals surface area contributed by atoms with Gasteiger partial charge in [0.05, 0.1) is 18.5 Å². The Hall–Kier alpha value is -3.17. The summed E-state index contributed by atoms with van der Waals surface area (Å²) in [6.07, 6.45) is 1.60. The topological polar surface area (TPSA) is 57.9 Å². The number of aromatic nitrogens is 1. The smallest absolute Gasteiger partial charge is 0.142 e. The largest absolute Gasteiger partial charge is 0.495 e. The highest BCUT2D eigenvalue weighted by molar-refractivity contribution is 7.11. The molecule has 25 heavy (non-hydrogen) atoms. The average Bonchev–Trinajstić information content (AvgIpc) is 3.13. The number of halogens is 1. The Balaban J connectivity index is 1.84. The van der Waals surface area contributed by atoms with Gasteiger partial charge in [0, 0.05) is 17.1 Å². The Morgan fingerprint density at radius 3 is 2.72 bits per heavy atom. The summed E-state index contributed by atoms with van der Waals surface area (Å²) in [7, 11) is 1.59. The van der Waals surface area contributed by atoms with Gasteiger partial charge in [-0.25, -0.2) is 9.37 Å². The van der Waals surface area contributed by atoms with Crippen LogP contribution in [0.1, 0.15) is 5.01 Å². The van der Waals surface area contributed by atoms with Crippen molar-refractivity contribution in [3.8, 4) is 23.1 Å². The van der Waals surface area contributed by atoms with Crippen molar-refractivity contribution < 1.29 is 9.13 Å². The highest BCUT2D eigenvalue weighted by Crippen LogP contribution is 2.27. The lowest BCUT2D eigenvalue weighted by Crippen LogP contribution is -1.94. The van der Waals surface area contributed by atoms with Crippen molar-refractivity contribution in [2.24, 2.45) is 0 Å². The number of para-hydroxylation sites is 2. The first-order valence-corrected chi connectivity index (χ1v) is 8.31. The van der Waals surface area contributed by atoms with Gasteiger partial charge in [-0.15, -0.1) is 11.3 Å². The molecule has 0 saturated carbocycles. The second-order valence-electron chi connectivity index (χ2n) is 5.06. The Morgan fingerprint density at radius 2 is 2.00 bits per heavy atom.